The summed E-state index contributed by atoms with van der Waals surface area (Å²) in [5.74, 6) is 0. The van der Waals surface area contributed by atoms with Crippen molar-refractivity contribution in [2.45, 2.75) is 54.3 Å². The first-order chi connectivity index (χ1) is 19.8. The Kier molecular flexibility index (Phi) is 8.78. The quantitative estimate of drug-likeness (QED) is 0.260. The number of fused-ring (bicyclic) bond motifs is 1. The van der Waals surface area contributed by atoms with Gasteiger partial charge >= 0.3 is 0 Å². The fourth-order valence-corrected chi connectivity index (χ4v) is 6.50. The zero-order valence-electron chi connectivity index (χ0n) is 22.0. The highest BCUT2D eigenvalue weighted by molar-refractivity contribution is 7.85. The average molecular weight is 557 g/mol. The Bertz CT molecular complexity index is 1360. The SMILES string of the molecule is O=S(c1ccccc1)[C@H]1OC2COC(c3ccccc3)O[C@H]2C(OCc2ccccc2)C1OCc1ccccc1. The molecule has 40 heavy (non-hydrogen) atoms. The Morgan fingerprint density at radius 3 is 1.77 bits per heavy atom. The lowest BCUT2D eigenvalue weighted by atomic mass is 9.98. The molecular weight excluding hydrogens is 524 g/mol. The maximum Gasteiger partial charge on any atom is 0.184 e. The fourth-order valence-electron chi connectivity index (χ4n) is 5.09. The summed E-state index contributed by atoms with van der Waals surface area (Å²) in [6.07, 6.45) is -2.77. The summed E-state index contributed by atoms with van der Waals surface area (Å²) in [6, 6.07) is 39.1. The largest absolute Gasteiger partial charge is 0.368 e. The lowest BCUT2D eigenvalue weighted by Crippen LogP contribution is -2.63. The van der Waals surface area contributed by atoms with Gasteiger partial charge in [0.25, 0.3) is 0 Å². The van der Waals surface area contributed by atoms with Crippen molar-refractivity contribution in [3.63, 3.8) is 0 Å². The molecule has 2 aliphatic rings. The van der Waals surface area contributed by atoms with E-state index in [1.165, 1.54) is 0 Å². The second kappa shape index (κ2) is 13.0. The van der Waals surface area contributed by atoms with Gasteiger partial charge in [-0.15, -0.1) is 0 Å². The molecule has 0 spiro atoms. The number of hydrogen-bond acceptors (Lipinski definition) is 6. The zero-order valence-corrected chi connectivity index (χ0v) is 22.8. The molecule has 2 saturated heterocycles. The number of benzene rings is 4. The van der Waals surface area contributed by atoms with Gasteiger partial charge in [0.1, 0.15) is 24.4 Å². The Labute approximate surface area is 237 Å². The molecule has 0 aliphatic carbocycles. The van der Waals surface area contributed by atoms with Gasteiger partial charge in [-0.3, -0.25) is 4.21 Å². The maximum atomic E-state index is 14.0. The van der Waals surface area contributed by atoms with Crippen molar-refractivity contribution in [2.24, 2.45) is 0 Å². The average Bonchev–Trinajstić information content (AvgIpc) is 3.03. The molecular formula is C33H32O6S. The van der Waals surface area contributed by atoms with Crippen LogP contribution in [0.3, 0.4) is 0 Å². The summed E-state index contributed by atoms with van der Waals surface area (Å²) in [5.41, 5.74) is 2.17. The molecule has 4 aromatic rings. The van der Waals surface area contributed by atoms with Crippen LogP contribution in [-0.2, 0) is 47.7 Å². The van der Waals surface area contributed by atoms with Crippen LogP contribution in [0.4, 0.5) is 0 Å². The third-order valence-corrected chi connectivity index (χ3v) is 8.65. The summed E-state index contributed by atoms with van der Waals surface area (Å²) in [4.78, 5) is 0.667. The van der Waals surface area contributed by atoms with Crippen molar-refractivity contribution < 1.29 is 27.9 Å². The van der Waals surface area contributed by atoms with Crippen LogP contribution in [0, 0.1) is 0 Å². The highest BCUT2D eigenvalue weighted by Gasteiger charge is 2.53. The molecule has 7 heteroatoms. The van der Waals surface area contributed by atoms with Crippen LogP contribution in [0.2, 0.25) is 0 Å². The monoisotopic (exact) mass is 556 g/mol. The van der Waals surface area contributed by atoms with E-state index >= 15 is 0 Å². The highest BCUT2D eigenvalue weighted by atomic mass is 32.2. The van der Waals surface area contributed by atoms with Gasteiger partial charge in [0, 0.05) is 10.5 Å². The summed E-state index contributed by atoms with van der Waals surface area (Å²) >= 11 is 0. The van der Waals surface area contributed by atoms with E-state index in [2.05, 4.69) is 0 Å². The molecule has 0 amide bonds. The Morgan fingerprint density at radius 1 is 0.650 bits per heavy atom. The van der Waals surface area contributed by atoms with Crippen LogP contribution < -0.4 is 0 Å². The highest BCUT2D eigenvalue weighted by Crippen LogP contribution is 2.38. The predicted octanol–water partition coefficient (Wildman–Crippen LogP) is 5.80. The van der Waals surface area contributed by atoms with Gasteiger partial charge in [-0.1, -0.05) is 109 Å². The van der Waals surface area contributed by atoms with Gasteiger partial charge in [-0.2, -0.15) is 0 Å². The van der Waals surface area contributed by atoms with Gasteiger partial charge < -0.3 is 23.7 Å². The van der Waals surface area contributed by atoms with Crippen LogP contribution in [0.5, 0.6) is 0 Å². The lowest BCUT2D eigenvalue weighted by Gasteiger charge is -2.49. The molecule has 2 heterocycles. The molecule has 0 radical (unpaired) electrons. The number of ether oxygens (including phenoxy) is 5. The van der Waals surface area contributed by atoms with E-state index in [0.717, 1.165) is 16.7 Å². The van der Waals surface area contributed by atoms with E-state index in [4.69, 9.17) is 23.7 Å². The fraction of sp³-hybridized carbons (Fsp3) is 0.273. The molecule has 2 aliphatic heterocycles. The van der Waals surface area contributed by atoms with Crippen LogP contribution in [0.15, 0.2) is 126 Å². The van der Waals surface area contributed by atoms with Crippen molar-refractivity contribution in [3.05, 3.63) is 138 Å². The molecule has 206 valence electrons. The first kappa shape index (κ1) is 27.0. The zero-order chi connectivity index (χ0) is 27.1. The maximum absolute atomic E-state index is 14.0. The van der Waals surface area contributed by atoms with Crippen LogP contribution in [0.1, 0.15) is 23.0 Å². The van der Waals surface area contributed by atoms with E-state index < -0.39 is 46.9 Å². The Balaban J connectivity index is 1.33. The van der Waals surface area contributed by atoms with Crippen LogP contribution >= 0.6 is 0 Å². The van der Waals surface area contributed by atoms with E-state index in [1.54, 1.807) is 0 Å². The van der Waals surface area contributed by atoms with Gasteiger partial charge in [-0.25, -0.2) is 0 Å². The van der Waals surface area contributed by atoms with Crippen molar-refractivity contribution in [2.75, 3.05) is 6.61 Å². The standard InChI is InChI=1S/C33H32O6S/c34-40(27-19-11-4-12-20-27)33-31(36-22-25-15-7-2-8-16-25)30(35-21-24-13-5-1-6-14-24)29-28(38-33)23-37-32(39-29)26-17-9-3-10-18-26/h1-20,28-33H,21-23H2/t28?,29-,30?,31?,32?,33-,40?/m1/s1. The van der Waals surface area contributed by atoms with E-state index in [9.17, 15) is 4.21 Å². The summed E-state index contributed by atoms with van der Waals surface area (Å²) < 4.78 is 46.3. The van der Waals surface area contributed by atoms with Crippen molar-refractivity contribution in [1.29, 1.82) is 0 Å². The van der Waals surface area contributed by atoms with E-state index in [1.807, 2.05) is 121 Å². The minimum Gasteiger partial charge on any atom is -0.368 e. The third kappa shape index (κ3) is 6.25. The number of hydrogen-bond donors (Lipinski definition) is 0. The molecule has 0 aromatic heterocycles. The first-order valence-electron chi connectivity index (χ1n) is 13.5. The van der Waals surface area contributed by atoms with Crippen molar-refractivity contribution in [3.8, 4) is 0 Å². The molecule has 2 fully saturated rings. The second-order valence-corrected chi connectivity index (χ2v) is 11.4. The van der Waals surface area contributed by atoms with Gasteiger partial charge in [0.15, 0.2) is 11.7 Å². The first-order valence-corrected chi connectivity index (χ1v) is 14.7. The summed E-state index contributed by atoms with van der Waals surface area (Å²) in [6.45, 7) is 0.951. The second-order valence-electron chi connectivity index (χ2n) is 9.85. The molecule has 7 atom stereocenters. The normalized spacial score (nSPS) is 27.0. The number of rotatable bonds is 9. The molecule has 6 rings (SSSR count). The molecule has 5 unspecified atom stereocenters. The van der Waals surface area contributed by atoms with Crippen molar-refractivity contribution >= 4 is 10.8 Å². The topological polar surface area (TPSA) is 63.2 Å². The Morgan fingerprint density at radius 2 is 1.18 bits per heavy atom. The van der Waals surface area contributed by atoms with Crippen LogP contribution in [-0.4, -0.2) is 40.7 Å². The Hall–Kier alpha value is -3.17. The lowest BCUT2D eigenvalue weighted by molar-refractivity contribution is -0.330. The molecule has 0 N–H and O–H groups in total. The predicted molar refractivity (Wildman–Crippen MR) is 152 cm³/mol. The molecule has 0 saturated carbocycles. The summed E-state index contributed by atoms with van der Waals surface area (Å²) in [5, 5.41) is 0. The van der Waals surface area contributed by atoms with Crippen LogP contribution in [0.25, 0.3) is 0 Å². The summed E-state index contributed by atoms with van der Waals surface area (Å²) in [7, 11) is -1.52. The van der Waals surface area contributed by atoms with E-state index in [0.29, 0.717) is 18.1 Å². The van der Waals surface area contributed by atoms with Gasteiger partial charge in [-0.05, 0) is 23.3 Å². The van der Waals surface area contributed by atoms with E-state index in [-0.39, 0.29) is 6.61 Å². The molecule has 6 nitrogen and oxygen atoms in total. The molecule has 4 aromatic carbocycles. The van der Waals surface area contributed by atoms with Crippen molar-refractivity contribution in [1.82, 2.24) is 0 Å². The smallest absolute Gasteiger partial charge is 0.184 e. The third-order valence-electron chi connectivity index (χ3n) is 7.11. The van der Waals surface area contributed by atoms with Gasteiger partial charge in [0.05, 0.1) is 30.6 Å². The minimum absolute atomic E-state index is 0.281. The molecule has 0 bridgehead atoms. The van der Waals surface area contributed by atoms with Gasteiger partial charge in [0.2, 0.25) is 0 Å². The minimum atomic E-state index is -1.52.